The maximum absolute atomic E-state index is 14.5. The van der Waals surface area contributed by atoms with Gasteiger partial charge >= 0.3 is 11.8 Å². The van der Waals surface area contributed by atoms with Crippen molar-refractivity contribution < 1.29 is 58.9 Å². The van der Waals surface area contributed by atoms with Crippen LogP contribution >= 0.6 is 0 Å². The second kappa shape index (κ2) is 19.3. The molecule has 0 aliphatic carbocycles. The minimum Gasteiger partial charge on any atom is -0.507 e. The number of methoxy groups -OCH3 is 1. The molecular formula is C47H57N3O12. The fraction of sp³-hybridized carbons (Fsp3) is 0.404. The largest absolute Gasteiger partial charge is 0.507 e. The van der Waals surface area contributed by atoms with Crippen molar-refractivity contribution in [2.45, 2.75) is 92.5 Å². The third-order valence-electron chi connectivity index (χ3n) is 11.7. The summed E-state index contributed by atoms with van der Waals surface area (Å²) in [5.41, 5.74) is 3.66. The van der Waals surface area contributed by atoms with E-state index >= 15 is 0 Å². The Morgan fingerprint density at radius 3 is 2.24 bits per heavy atom. The number of allylic oxidation sites excluding steroid dienone is 3. The van der Waals surface area contributed by atoms with Crippen LogP contribution in [0.3, 0.4) is 0 Å². The zero-order valence-corrected chi connectivity index (χ0v) is 36.6. The standard InChI is InChI=1S/C47H57N3O12/c1-23-15-14-16-24(2)46(58)48-37-32(20-19-25(3)49-50-31-17-12-11-13-18-31)41(55)34-35(42(37)56)40(54)29(7)44-36(34)45(57)47(9,62-44)60-22-21-33(59-10)26(4)43(61-30(8)51)28(6)39(53)27(5)38(23)52/h11-23,26-28,33,38-39,43,50,52-56H,1-10H3,(H,48,58)/b15-14+,20-19+,22-21+,24-16-,49-25-. The molecule has 0 aromatic heterocycles. The molecule has 9 atom stereocenters. The number of hydrogen-bond donors (Lipinski definition) is 7. The van der Waals surface area contributed by atoms with Crippen molar-refractivity contribution in [1.82, 2.24) is 0 Å². The lowest BCUT2D eigenvalue weighted by Gasteiger charge is -2.38. The summed E-state index contributed by atoms with van der Waals surface area (Å²) in [4.78, 5) is 40.6. The van der Waals surface area contributed by atoms with Crippen molar-refractivity contribution in [3.63, 3.8) is 0 Å². The molecule has 3 aromatic carbocycles. The molecule has 3 aliphatic rings. The number of phenolic OH excluding ortho intramolecular Hbond substituents is 3. The van der Waals surface area contributed by atoms with Crippen LogP contribution in [0.15, 0.2) is 77.6 Å². The summed E-state index contributed by atoms with van der Waals surface area (Å²) in [5.74, 6) is -8.51. The summed E-state index contributed by atoms with van der Waals surface area (Å²) in [6, 6.07) is 9.16. The van der Waals surface area contributed by atoms with Gasteiger partial charge in [0.05, 0.1) is 52.6 Å². The number of aliphatic hydroxyl groups is 2. The summed E-state index contributed by atoms with van der Waals surface area (Å²) >= 11 is 0. The molecule has 5 bridgehead atoms. The fourth-order valence-corrected chi connectivity index (χ4v) is 7.82. The minimum absolute atomic E-state index is 0.0415. The molecule has 0 radical (unpaired) electrons. The van der Waals surface area contributed by atoms with Crippen molar-refractivity contribution in [3.8, 4) is 23.0 Å². The van der Waals surface area contributed by atoms with Crippen molar-refractivity contribution >= 4 is 51.6 Å². The van der Waals surface area contributed by atoms with Gasteiger partial charge in [0.25, 0.3) is 11.7 Å². The summed E-state index contributed by atoms with van der Waals surface area (Å²) in [7, 11) is 1.43. The van der Waals surface area contributed by atoms with Gasteiger partial charge in [-0.1, -0.05) is 64.1 Å². The smallest absolute Gasteiger partial charge is 0.312 e. The lowest BCUT2D eigenvalue weighted by Crippen LogP contribution is -2.46. The predicted octanol–water partition coefficient (Wildman–Crippen LogP) is 7.26. The van der Waals surface area contributed by atoms with Gasteiger partial charge in [0.2, 0.25) is 0 Å². The number of rotatable bonds is 6. The number of phenols is 3. The van der Waals surface area contributed by atoms with Crippen molar-refractivity contribution in [2.75, 3.05) is 17.9 Å². The number of anilines is 2. The molecule has 62 heavy (non-hydrogen) atoms. The molecule has 0 saturated heterocycles. The Bertz CT molecular complexity index is 2350. The third-order valence-corrected chi connectivity index (χ3v) is 11.7. The van der Waals surface area contributed by atoms with Crippen molar-refractivity contribution in [2.24, 2.45) is 28.8 Å². The van der Waals surface area contributed by atoms with Gasteiger partial charge in [-0.3, -0.25) is 19.8 Å². The van der Waals surface area contributed by atoms with E-state index in [1.165, 1.54) is 65.4 Å². The molecule has 332 valence electrons. The monoisotopic (exact) mass is 855 g/mol. The Morgan fingerprint density at radius 1 is 0.919 bits per heavy atom. The number of Topliss-reactive ketones (excluding diaryl/α,β-unsaturated/α-hetero) is 1. The molecule has 3 heterocycles. The predicted molar refractivity (Wildman–Crippen MR) is 236 cm³/mol. The van der Waals surface area contributed by atoms with Gasteiger partial charge in [-0.05, 0) is 51.1 Å². The number of nitrogens with one attached hydrogen (secondary N) is 2. The zero-order valence-electron chi connectivity index (χ0n) is 36.6. The molecule has 9 unspecified atom stereocenters. The number of fused-ring (bicyclic) bond motifs is 14. The highest BCUT2D eigenvalue weighted by Gasteiger charge is 2.50. The second-order valence-corrected chi connectivity index (χ2v) is 16.2. The topological polar surface area (TPSA) is 226 Å². The van der Waals surface area contributed by atoms with Gasteiger partial charge in [-0.15, -0.1) is 0 Å². The Hall–Kier alpha value is -6.16. The molecule has 6 rings (SSSR count). The lowest BCUT2D eigenvalue weighted by molar-refractivity contribution is -0.160. The highest BCUT2D eigenvalue weighted by Crippen LogP contribution is 2.55. The van der Waals surface area contributed by atoms with E-state index in [2.05, 4.69) is 15.8 Å². The third kappa shape index (κ3) is 9.49. The Balaban J connectivity index is 1.71. The Morgan fingerprint density at radius 2 is 1.60 bits per heavy atom. The number of para-hydroxylation sites is 1. The average Bonchev–Trinajstić information content (AvgIpc) is 3.51. The van der Waals surface area contributed by atoms with Gasteiger partial charge in [0, 0.05) is 66.7 Å². The maximum atomic E-state index is 14.5. The number of hydrogen-bond acceptors (Lipinski definition) is 14. The number of nitrogens with zero attached hydrogens (tertiary/aromatic N) is 1. The van der Waals surface area contributed by atoms with E-state index in [1.807, 2.05) is 30.3 Å². The van der Waals surface area contributed by atoms with Gasteiger partial charge in [-0.25, -0.2) is 0 Å². The van der Waals surface area contributed by atoms with Gasteiger partial charge in [-0.2, -0.15) is 5.10 Å². The summed E-state index contributed by atoms with van der Waals surface area (Å²) in [6.07, 6.45) is 6.40. The number of esters is 1. The molecule has 3 aromatic rings. The van der Waals surface area contributed by atoms with Crippen LogP contribution < -0.4 is 15.5 Å². The van der Waals surface area contributed by atoms with Crippen LogP contribution in [0.1, 0.15) is 76.9 Å². The Kier molecular flexibility index (Phi) is 14.6. The van der Waals surface area contributed by atoms with E-state index < -0.39 is 88.8 Å². The number of carbonyl (C=O) groups is 3. The average molecular weight is 856 g/mol. The molecule has 1 amide bonds. The molecule has 0 fully saturated rings. The van der Waals surface area contributed by atoms with E-state index in [4.69, 9.17) is 18.9 Å². The second-order valence-electron chi connectivity index (χ2n) is 16.2. The number of ether oxygens (including phenoxy) is 4. The number of aromatic hydroxyl groups is 3. The van der Waals surface area contributed by atoms with Gasteiger partial charge in [0.15, 0.2) is 5.75 Å². The zero-order chi connectivity index (χ0) is 45.8. The molecule has 0 saturated carbocycles. The van der Waals surface area contributed by atoms with Crippen LogP contribution in [-0.4, -0.2) is 86.2 Å². The summed E-state index contributed by atoms with van der Waals surface area (Å²) in [6.45, 7) is 14.2. The normalized spacial score (nSPS) is 29.4. The number of amides is 1. The van der Waals surface area contributed by atoms with Crippen LogP contribution in [-0.2, 0) is 23.8 Å². The van der Waals surface area contributed by atoms with E-state index in [1.54, 1.807) is 46.8 Å². The van der Waals surface area contributed by atoms with Crippen LogP contribution in [0.4, 0.5) is 11.4 Å². The SMILES string of the molecule is COC1/C=C/OC2(C)Oc3c(C)c(O)c4c(O)c(c(/C=C/C(C)=N\Nc5ccccc5)c(O)c4c3C2=O)NC(=O)/C(C)=C\C=C\C(C)C(O)C(C)C(O)C(C)C(OC(C)=O)C1C. The number of benzene rings is 3. The van der Waals surface area contributed by atoms with Gasteiger partial charge < -0.3 is 49.8 Å². The van der Waals surface area contributed by atoms with E-state index in [-0.39, 0.29) is 44.5 Å². The first kappa shape index (κ1) is 46.9. The quantitative estimate of drug-likeness (QED) is 0.0427. The molecule has 7 N–H and O–H groups in total. The number of carbonyl (C=O) groups excluding carboxylic acids is 3. The van der Waals surface area contributed by atoms with Crippen LogP contribution in [0.25, 0.3) is 16.8 Å². The summed E-state index contributed by atoms with van der Waals surface area (Å²) in [5, 5.41) is 65.0. The first-order valence-electron chi connectivity index (χ1n) is 20.3. The maximum Gasteiger partial charge on any atom is 0.312 e. The lowest BCUT2D eigenvalue weighted by atomic mass is 9.78. The minimum atomic E-state index is -2.06. The van der Waals surface area contributed by atoms with Crippen LogP contribution in [0.2, 0.25) is 0 Å². The number of ketones is 1. The van der Waals surface area contributed by atoms with E-state index in [0.717, 1.165) is 0 Å². The van der Waals surface area contributed by atoms with Crippen molar-refractivity contribution in [3.05, 3.63) is 89.2 Å². The molecule has 3 aliphatic heterocycles. The molecule has 0 spiro atoms. The van der Waals surface area contributed by atoms with E-state index in [9.17, 15) is 39.9 Å². The fourth-order valence-electron chi connectivity index (χ4n) is 7.82. The molecule has 15 nitrogen and oxygen atoms in total. The number of aliphatic hydroxyl groups excluding tert-OH is 2. The summed E-state index contributed by atoms with van der Waals surface area (Å²) < 4.78 is 23.6. The Labute approximate surface area is 361 Å². The van der Waals surface area contributed by atoms with Crippen LogP contribution in [0, 0.1) is 30.6 Å². The first-order valence-corrected chi connectivity index (χ1v) is 20.3. The highest BCUT2D eigenvalue weighted by molar-refractivity contribution is 6.23. The molecule has 15 heteroatoms. The highest BCUT2D eigenvalue weighted by atomic mass is 16.7. The van der Waals surface area contributed by atoms with E-state index in [0.29, 0.717) is 11.4 Å². The van der Waals surface area contributed by atoms with Crippen LogP contribution in [0.5, 0.6) is 23.0 Å². The number of hydrazone groups is 1. The van der Waals surface area contributed by atoms with Gasteiger partial charge in [0.1, 0.15) is 23.4 Å². The molecular weight excluding hydrogens is 799 g/mol. The van der Waals surface area contributed by atoms with Crippen molar-refractivity contribution in [1.29, 1.82) is 0 Å². The first-order chi connectivity index (χ1) is 29.2.